The van der Waals surface area contributed by atoms with Crippen molar-refractivity contribution in [1.29, 1.82) is 0 Å². The number of alkyl halides is 2. The van der Waals surface area contributed by atoms with Crippen molar-refractivity contribution in [2.75, 3.05) is 5.73 Å². The SMILES string of the molecule is CC1=Nc2ccc(-c3ccn4nc(N)ncc34)nc2CC1CC(F)F. The largest absolute Gasteiger partial charge is 0.367 e. The molecular weight excluding hydrogens is 326 g/mol. The Bertz CT molecular complexity index is 978. The molecule has 1 aliphatic heterocycles. The van der Waals surface area contributed by atoms with Crippen molar-refractivity contribution in [2.24, 2.45) is 10.9 Å². The average Bonchev–Trinajstić information content (AvgIpc) is 2.97. The molecule has 0 amide bonds. The Balaban J connectivity index is 1.74. The molecule has 0 aliphatic carbocycles. The molecule has 3 aromatic rings. The third kappa shape index (κ3) is 2.84. The molecule has 0 aromatic carbocycles. The van der Waals surface area contributed by atoms with E-state index in [2.05, 4.69) is 20.1 Å². The summed E-state index contributed by atoms with van der Waals surface area (Å²) in [6.07, 6.45) is 1.35. The minimum absolute atomic E-state index is 0.188. The van der Waals surface area contributed by atoms with Gasteiger partial charge in [-0.05, 0) is 25.1 Å². The smallest absolute Gasteiger partial charge is 0.239 e. The number of halogens is 2. The lowest BCUT2D eigenvalue weighted by molar-refractivity contribution is 0.125. The number of nitrogen functional groups attached to an aromatic ring is 1. The van der Waals surface area contributed by atoms with Gasteiger partial charge in [-0.2, -0.15) is 0 Å². The monoisotopic (exact) mass is 342 g/mol. The van der Waals surface area contributed by atoms with Crippen molar-refractivity contribution in [1.82, 2.24) is 19.6 Å². The van der Waals surface area contributed by atoms with Crippen LogP contribution < -0.4 is 5.73 Å². The van der Waals surface area contributed by atoms with Gasteiger partial charge in [0.05, 0.1) is 28.8 Å². The summed E-state index contributed by atoms with van der Waals surface area (Å²) in [6, 6.07) is 5.63. The number of anilines is 1. The molecule has 0 saturated carbocycles. The van der Waals surface area contributed by atoms with E-state index in [4.69, 9.17) is 5.73 Å². The maximum atomic E-state index is 12.8. The van der Waals surface area contributed by atoms with Crippen LogP contribution in [0.5, 0.6) is 0 Å². The van der Waals surface area contributed by atoms with Gasteiger partial charge in [-0.25, -0.2) is 18.3 Å². The number of aliphatic imine (C=N–C) groups is 1. The Morgan fingerprint density at radius 2 is 2.16 bits per heavy atom. The predicted octanol–water partition coefficient (Wildman–Crippen LogP) is 3.29. The first-order chi connectivity index (χ1) is 12.0. The van der Waals surface area contributed by atoms with E-state index in [0.29, 0.717) is 6.42 Å². The highest BCUT2D eigenvalue weighted by Gasteiger charge is 2.25. The number of fused-ring (bicyclic) bond motifs is 2. The van der Waals surface area contributed by atoms with Crippen LogP contribution in [0.2, 0.25) is 0 Å². The van der Waals surface area contributed by atoms with Crippen LogP contribution in [0.3, 0.4) is 0 Å². The zero-order chi connectivity index (χ0) is 17.6. The maximum absolute atomic E-state index is 12.8. The van der Waals surface area contributed by atoms with Gasteiger partial charge in [0.25, 0.3) is 0 Å². The molecule has 0 radical (unpaired) electrons. The number of aromatic nitrogens is 4. The second kappa shape index (κ2) is 5.87. The number of hydrogen-bond donors (Lipinski definition) is 1. The molecule has 1 unspecified atom stereocenters. The molecule has 0 saturated heterocycles. The highest BCUT2D eigenvalue weighted by molar-refractivity contribution is 5.89. The van der Waals surface area contributed by atoms with Crippen molar-refractivity contribution < 1.29 is 8.78 Å². The van der Waals surface area contributed by atoms with E-state index in [9.17, 15) is 8.78 Å². The molecule has 4 rings (SSSR count). The summed E-state index contributed by atoms with van der Waals surface area (Å²) < 4.78 is 27.2. The Morgan fingerprint density at radius 3 is 2.96 bits per heavy atom. The Labute approximate surface area is 142 Å². The van der Waals surface area contributed by atoms with E-state index in [-0.39, 0.29) is 18.3 Å². The van der Waals surface area contributed by atoms with E-state index < -0.39 is 6.43 Å². The highest BCUT2D eigenvalue weighted by Crippen LogP contribution is 2.33. The first kappa shape index (κ1) is 15.6. The summed E-state index contributed by atoms with van der Waals surface area (Å²) in [7, 11) is 0. The van der Waals surface area contributed by atoms with E-state index in [1.807, 2.05) is 18.2 Å². The lowest BCUT2D eigenvalue weighted by Gasteiger charge is -2.22. The molecule has 128 valence electrons. The van der Waals surface area contributed by atoms with Gasteiger partial charge >= 0.3 is 0 Å². The lowest BCUT2D eigenvalue weighted by atomic mass is 9.91. The van der Waals surface area contributed by atoms with Crippen LogP contribution in [0.4, 0.5) is 20.4 Å². The molecule has 1 atom stereocenters. The van der Waals surface area contributed by atoms with Crippen LogP contribution in [-0.2, 0) is 6.42 Å². The normalized spacial score (nSPS) is 17.0. The van der Waals surface area contributed by atoms with E-state index >= 15 is 0 Å². The molecule has 8 heteroatoms. The third-order valence-corrected chi connectivity index (χ3v) is 4.45. The first-order valence-corrected chi connectivity index (χ1v) is 7.95. The van der Waals surface area contributed by atoms with Crippen molar-refractivity contribution >= 4 is 22.9 Å². The third-order valence-electron chi connectivity index (χ3n) is 4.45. The molecule has 6 nitrogen and oxygen atoms in total. The minimum Gasteiger partial charge on any atom is -0.367 e. The molecule has 3 aromatic heterocycles. The Kier molecular flexibility index (Phi) is 3.67. The number of nitrogens with zero attached hydrogens (tertiary/aromatic N) is 5. The Hall–Kier alpha value is -2.90. The molecule has 4 heterocycles. The van der Waals surface area contributed by atoms with Crippen LogP contribution in [0.15, 0.2) is 35.6 Å². The zero-order valence-electron chi connectivity index (χ0n) is 13.5. The van der Waals surface area contributed by atoms with Gasteiger partial charge in [-0.3, -0.25) is 9.98 Å². The van der Waals surface area contributed by atoms with E-state index in [1.54, 1.807) is 23.8 Å². The van der Waals surface area contributed by atoms with Gasteiger partial charge < -0.3 is 5.73 Å². The second-order valence-corrected chi connectivity index (χ2v) is 6.12. The lowest BCUT2D eigenvalue weighted by Crippen LogP contribution is -2.21. The minimum atomic E-state index is -2.35. The fourth-order valence-electron chi connectivity index (χ4n) is 3.16. The van der Waals surface area contributed by atoms with Gasteiger partial charge in [0.1, 0.15) is 0 Å². The van der Waals surface area contributed by atoms with Crippen LogP contribution in [0.1, 0.15) is 19.0 Å². The summed E-state index contributed by atoms with van der Waals surface area (Å²) in [4.78, 5) is 13.1. The molecule has 2 N–H and O–H groups in total. The summed E-state index contributed by atoms with van der Waals surface area (Å²) >= 11 is 0. The average molecular weight is 342 g/mol. The van der Waals surface area contributed by atoms with Gasteiger partial charge in [0.15, 0.2) is 0 Å². The number of nitrogens with two attached hydrogens (primary N) is 1. The van der Waals surface area contributed by atoms with Crippen LogP contribution in [-0.4, -0.2) is 31.7 Å². The van der Waals surface area contributed by atoms with Gasteiger partial charge in [-0.15, -0.1) is 5.10 Å². The number of rotatable bonds is 3. The fraction of sp³-hybridized carbons (Fsp3) is 0.294. The van der Waals surface area contributed by atoms with E-state index in [0.717, 1.165) is 33.9 Å². The molecule has 0 fully saturated rings. The van der Waals surface area contributed by atoms with Crippen LogP contribution in [0, 0.1) is 5.92 Å². The van der Waals surface area contributed by atoms with Crippen LogP contribution in [0.25, 0.3) is 16.8 Å². The summed E-state index contributed by atoms with van der Waals surface area (Å²) in [6.45, 7) is 1.80. The molecular formula is C17H16F2N6. The van der Waals surface area contributed by atoms with Crippen molar-refractivity contribution in [3.8, 4) is 11.3 Å². The Morgan fingerprint density at radius 1 is 1.32 bits per heavy atom. The van der Waals surface area contributed by atoms with Gasteiger partial charge in [0, 0.05) is 36.2 Å². The molecule has 25 heavy (non-hydrogen) atoms. The summed E-state index contributed by atoms with van der Waals surface area (Å²) in [5.74, 6) is -0.0862. The predicted molar refractivity (Wildman–Crippen MR) is 91.2 cm³/mol. The quantitative estimate of drug-likeness (QED) is 0.792. The maximum Gasteiger partial charge on any atom is 0.239 e. The van der Waals surface area contributed by atoms with E-state index in [1.165, 1.54) is 0 Å². The van der Waals surface area contributed by atoms with Crippen molar-refractivity contribution in [3.63, 3.8) is 0 Å². The highest BCUT2D eigenvalue weighted by atomic mass is 19.3. The summed E-state index contributed by atoms with van der Waals surface area (Å²) in [5, 5.41) is 4.11. The van der Waals surface area contributed by atoms with Crippen LogP contribution >= 0.6 is 0 Å². The zero-order valence-corrected chi connectivity index (χ0v) is 13.5. The number of pyridine rings is 1. The standard InChI is InChI=1S/C17H16F2N6/c1-9-10(7-16(18)19)6-14-13(22-9)3-2-12(23-14)11-4-5-25-15(11)8-21-17(20)24-25/h2-5,8,10,16H,6-7H2,1H3,(H2,20,24). The summed E-state index contributed by atoms with van der Waals surface area (Å²) in [5.41, 5.74) is 10.2. The van der Waals surface area contributed by atoms with Gasteiger partial charge in [-0.1, -0.05) is 0 Å². The van der Waals surface area contributed by atoms with Crippen molar-refractivity contribution in [3.05, 3.63) is 36.3 Å². The first-order valence-electron chi connectivity index (χ1n) is 7.95. The van der Waals surface area contributed by atoms with Crippen molar-refractivity contribution in [2.45, 2.75) is 26.2 Å². The number of hydrogen-bond acceptors (Lipinski definition) is 5. The molecule has 1 aliphatic rings. The van der Waals surface area contributed by atoms with Gasteiger partial charge in [0.2, 0.25) is 12.4 Å². The fourth-order valence-corrected chi connectivity index (χ4v) is 3.16. The topological polar surface area (TPSA) is 81.5 Å². The second-order valence-electron chi connectivity index (χ2n) is 6.12. The molecule has 0 spiro atoms. The molecule has 0 bridgehead atoms.